The van der Waals surface area contributed by atoms with Gasteiger partial charge in [0.25, 0.3) is 0 Å². The molecule has 0 bridgehead atoms. The van der Waals surface area contributed by atoms with Crippen LogP contribution in [-0.4, -0.2) is 11.2 Å². The molecule has 0 saturated heterocycles. The Bertz CT molecular complexity index is 610. The number of nitriles is 1. The Hall–Kier alpha value is -2.25. The van der Waals surface area contributed by atoms with Gasteiger partial charge in [0.15, 0.2) is 0 Å². The molecule has 1 heterocycles. The maximum absolute atomic E-state index is 8.91. The Morgan fingerprint density at radius 1 is 1.25 bits per heavy atom. The Morgan fingerprint density at radius 3 is 2.75 bits per heavy atom. The normalized spacial score (nSPS) is 10.2. The number of rotatable bonds is 6. The molecule has 1 aromatic heterocycles. The zero-order valence-electron chi connectivity index (χ0n) is 11.9. The first-order chi connectivity index (χ1) is 9.72. The van der Waals surface area contributed by atoms with Crippen molar-refractivity contribution in [1.82, 2.24) is 9.88 Å². The summed E-state index contributed by atoms with van der Waals surface area (Å²) in [5.41, 5.74) is 2.98. The van der Waals surface area contributed by atoms with Gasteiger partial charge in [-0.25, -0.2) is 0 Å². The molecule has 1 aromatic carbocycles. The molecule has 0 saturated carbocycles. The van der Waals surface area contributed by atoms with Gasteiger partial charge in [0, 0.05) is 26.3 Å². The number of benzene rings is 1. The van der Waals surface area contributed by atoms with Crippen molar-refractivity contribution >= 4 is 0 Å². The van der Waals surface area contributed by atoms with Crippen LogP contribution in [0.5, 0.6) is 5.75 Å². The predicted octanol–water partition coefficient (Wildman–Crippen LogP) is 2.59. The molecule has 1 N–H and O–H groups in total. The van der Waals surface area contributed by atoms with Gasteiger partial charge in [-0.05, 0) is 36.2 Å². The van der Waals surface area contributed by atoms with Crippen molar-refractivity contribution in [2.45, 2.75) is 20.0 Å². The van der Waals surface area contributed by atoms with Gasteiger partial charge >= 0.3 is 0 Å². The number of aryl methyl sites for hydroxylation is 1. The number of ether oxygens (including phenoxy) is 1. The average molecular weight is 269 g/mol. The van der Waals surface area contributed by atoms with Crippen LogP contribution in [0.1, 0.15) is 23.7 Å². The molecule has 0 amide bonds. The largest absolute Gasteiger partial charge is 0.494 e. The monoisotopic (exact) mass is 269 g/mol. The van der Waals surface area contributed by atoms with E-state index in [1.54, 1.807) is 0 Å². The van der Waals surface area contributed by atoms with Gasteiger partial charge in [0.2, 0.25) is 0 Å². The zero-order valence-corrected chi connectivity index (χ0v) is 11.9. The fourth-order valence-corrected chi connectivity index (χ4v) is 2.10. The molecule has 20 heavy (non-hydrogen) atoms. The van der Waals surface area contributed by atoms with E-state index in [1.807, 2.05) is 49.0 Å². The van der Waals surface area contributed by atoms with Crippen LogP contribution >= 0.6 is 0 Å². The van der Waals surface area contributed by atoms with Crippen molar-refractivity contribution in [3.8, 4) is 11.8 Å². The van der Waals surface area contributed by atoms with Crippen molar-refractivity contribution in [3.63, 3.8) is 0 Å². The quantitative estimate of drug-likeness (QED) is 0.877. The molecule has 0 aliphatic rings. The maximum Gasteiger partial charge on any atom is 0.120 e. The van der Waals surface area contributed by atoms with Crippen molar-refractivity contribution in [1.29, 1.82) is 5.26 Å². The summed E-state index contributed by atoms with van der Waals surface area (Å²) in [4.78, 5) is 0. The van der Waals surface area contributed by atoms with Crippen molar-refractivity contribution in [2.24, 2.45) is 7.05 Å². The third-order valence-electron chi connectivity index (χ3n) is 3.04. The van der Waals surface area contributed by atoms with Crippen LogP contribution in [0.25, 0.3) is 0 Å². The molecular formula is C16H19N3O. The molecule has 0 fully saturated rings. The van der Waals surface area contributed by atoms with Gasteiger partial charge in [-0.2, -0.15) is 5.26 Å². The highest BCUT2D eigenvalue weighted by atomic mass is 16.5. The SMILES string of the molecule is CCOc1cccc(CNCc2cc(C#N)n(C)c2)c1. The van der Waals surface area contributed by atoms with E-state index in [1.165, 1.54) is 5.56 Å². The first-order valence-electron chi connectivity index (χ1n) is 6.70. The van der Waals surface area contributed by atoms with Crippen molar-refractivity contribution in [2.75, 3.05) is 6.61 Å². The minimum Gasteiger partial charge on any atom is -0.494 e. The summed E-state index contributed by atoms with van der Waals surface area (Å²) in [5.74, 6) is 0.901. The van der Waals surface area contributed by atoms with E-state index in [2.05, 4.69) is 17.5 Å². The summed E-state index contributed by atoms with van der Waals surface area (Å²) in [6.07, 6.45) is 1.97. The molecule has 2 aromatic rings. The molecule has 0 atom stereocenters. The van der Waals surface area contributed by atoms with Crippen LogP contribution in [0.4, 0.5) is 0 Å². The molecular weight excluding hydrogens is 250 g/mol. The smallest absolute Gasteiger partial charge is 0.120 e. The molecule has 2 rings (SSSR count). The first-order valence-corrected chi connectivity index (χ1v) is 6.70. The van der Waals surface area contributed by atoms with E-state index in [0.29, 0.717) is 12.3 Å². The minimum atomic E-state index is 0.678. The van der Waals surface area contributed by atoms with E-state index in [0.717, 1.165) is 24.4 Å². The summed E-state index contributed by atoms with van der Waals surface area (Å²) in [6.45, 7) is 4.18. The van der Waals surface area contributed by atoms with Crippen LogP contribution in [0.2, 0.25) is 0 Å². The van der Waals surface area contributed by atoms with Gasteiger partial charge in [-0.15, -0.1) is 0 Å². The molecule has 104 valence electrons. The Kier molecular flexibility index (Phi) is 4.80. The van der Waals surface area contributed by atoms with E-state index in [4.69, 9.17) is 10.00 Å². The topological polar surface area (TPSA) is 50.0 Å². The van der Waals surface area contributed by atoms with Gasteiger partial charge in [0.1, 0.15) is 17.5 Å². The molecule has 4 heteroatoms. The second-order valence-electron chi connectivity index (χ2n) is 4.64. The average Bonchev–Trinajstić information content (AvgIpc) is 2.80. The first kappa shape index (κ1) is 14.2. The van der Waals surface area contributed by atoms with E-state index >= 15 is 0 Å². The lowest BCUT2D eigenvalue weighted by Gasteiger charge is -2.07. The third kappa shape index (κ3) is 3.62. The fourth-order valence-electron chi connectivity index (χ4n) is 2.10. The Labute approximate surface area is 119 Å². The molecule has 0 unspecified atom stereocenters. The summed E-state index contributed by atoms with van der Waals surface area (Å²) < 4.78 is 7.32. The van der Waals surface area contributed by atoms with Crippen molar-refractivity contribution in [3.05, 3.63) is 53.3 Å². The number of nitrogens with zero attached hydrogens (tertiary/aromatic N) is 2. The number of hydrogen-bond donors (Lipinski definition) is 1. The van der Waals surface area contributed by atoms with Crippen molar-refractivity contribution < 1.29 is 4.74 Å². The lowest BCUT2D eigenvalue weighted by molar-refractivity contribution is 0.340. The van der Waals surface area contributed by atoms with E-state index in [-0.39, 0.29) is 0 Å². The lowest BCUT2D eigenvalue weighted by Crippen LogP contribution is -2.12. The molecule has 4 nitrogen and oxygen atoms in total. The number of hydrogen-bond acceptors (Lipinski definition) is 3. The van der Waals surface area contributed by atoms with Crippen LogP contribution in [0.3, 0.4) is 0 Å². The Balaban J connectivity index is 1.89. The van der Waals surface area contributed by atoms with Gasteiger partial charge < -0.3 is 14.6 Å². The van der Waals surface area contributed by atoms with E-state index in [9.17, 15) is 0 Å². The minimum absolute atomic E-state index is 0.678. The van der Waals surface area contributed by atoms with Gasteiger partial charge in [0.05, 0.1) is 6.61 Å². The summed E-state index contributed by atoms with van der Waals surface area (Å²) in [7, 11) is 1.88. The van der Waals surface area contributed by atoms with E-state index < -0.39 is 0 Å². The van der Waals surface area contributed by atoms with Crippen LogP contribution in [0, 0.1) is 11.3 Å². The third-order valence-corrected chi connectivity index (χ3v) is 3.04. The predicted molar refractivity (Wildman–Crippen MR) is 78.3 cm³/mol. The highest BCUT2D eigenvalue weighted by Crippen LogP contribution is 2.13. The highest BCUT2D eigenvalue weighted by Gasteiger charge is 2.02. The Morgan fingerprint density at radius 2 is 2.05 bits per heavy atom. The van der Waals surface area contributed by atoms with Crippen LogP contribution in [0.15, 0.2) is 36.5 Å². The second-order valence-corrected chi connectivity index (χ2v) is 4.64. The molecule has 0 radical (unpaired) electrons. The fraction of sp³-hybridized carbons (Fsp3) is 0.312. The van der Waals surface area contributed by atoms with Crippen LogP contribution in [-0.2, 0) is 20.1 Å². The second kappa shape index (κ2) is 6.78. The number of nitrogens with one attached hydrogen (secondary N) is 1. The highest BCUT2D eigenvalue weighted by molar-refractivity contribution is 5.29. The van der Waals surface area contributed by atoms with Crippen LogP contribution < -0.4 is 10.1 Å². The molecule has 0 spiro atoms. The van der Waals surface area contributed by atoms with Gasteiger partial charge in [-0.1, -0.05) is 12.1 Å². The molecule has 0 aliphatic heterocycles. The zero-order chi connectivity index (χ0) is 14.4. The summed E-state index contributed by atoms with van der Waals surface area (Å²) in [5, 5.41) is 12.3. The summed E-state index contributed by atoms with van der Waals surface area (Å²) >= 11 is 0. The lowest BCUT2D eigenvalue weighted by atomic mass is 10.2. The number of aromatic nitrogens is 1. The van der Waals surface area contributed by atoms with Gasteiger partial charge in [-0.3, -0.25) is 0 Å². The standard InChI is InChI=1S/C16H19N3O/c1-3-20-16-6-4-5-13(8-16)10-18-11-14-7-15(9-17)19(2)12-14/h4-8,12,18H,3,10-11H2,1-2H3. The summed E-state index contributed by atoms with van der Waals surface area (Å²) in [6, 6.07) is 12.1. The maximum atomic E-state index is 8.91. The molecule has 0 aliphatic carbocycles.